The smallest absolute Gasteiger partial charge is 0.0801 e. The van der Waals surface area contributed by atoms with Crippen molar-refractivity contribution in [1.82, 2.24) is 0 Å². The van der Waals surface area contributed by atoms with Gasteiger partial charge in [-0.3, -0.25) is 0 Å². The number of hydrogen-bond donors (Lipinski definition) is 1. The van der Waals surface area contributed by atoms with Crippen LogP contribution < -0.4 is 0 Å². The molecule has 0 aliphatic heterocycles. The van der Waals surface area contributed by atoms with Crippen LogP contribution in [0.4, 0.5) is 0 Å². The van der Waals surface area contributed by atoms with Gasteiger partial charge < -0.3 is 14.6 Å². The van der Waals surface area contributed by atoms with Gasteiger partial charge in [0.25, 0.3) is 0 Å². The van der Waals surface area contributed by atoms with Crippen LogP contribution in [0.15, 0.2) is 0 Å². The first kappa shape index (κ1) is 12.9. The molecule has 1 unspecified atom stereocenters. The maximum absolute atomic E-state index is 9.86. The fourth-order valence-corrected chi connectivity index (χ4v) is 2.12. The van der Waals surface area contributed by atoms with Crippen LogP contribution in [-0.4, -0.2) is 37.6 Å². The molecule has 1 saturated carbocycles. The van der Waals surface area contributed by atoms with Crippen LogP contribution in [0.25, 0.3) is 0 Å². The molecule has 90 valence electrons. The first-order chi connectivity index (χ1) is 7.34. The summed E-state index contributed by atoms with van der Waals surface area (Å²) in [6, 6.07) is 0. The normalized spacial score (nSPS) is 20.4. The Morgan fingerprint density at radius 3 is 2.47 bits per heavy atom. The third-order valence-corrected chi connectivity index (χ3v) is 3.06. The first-order valence-corrected chi connectivity index (χ1v) is 6.18. The van der Waals surface area contributed by atoms with Gasteiger partial charge in [0.15, 0.2) is 0 Å². The molecule has 1 aliphatic rings. The fourth-order valence-electron chi connectivity index (χ4n) is 2.12. The lowest BCUT2D eigenvalue weighted by Crippen LogP contribution is -2.28. The molecule has 3 nitrogen and oxygen atoms in total. The maximum atomic E-state index is 9.86. The molecule has 0 heterocycles. The number of rotatable bonds is 7. The molecule has 0 amide bonds. The first-order valence-electron chi connectivity index (χ1n) is 6.18. The van der Waals surface area contributed by atoms with Gasteiger partial charge in [-0.05, 0) is 25.7 Å². The zero-order valence-corrected chi connectivity index (χ0v) is 9.78. The molecule has 1 aliphatic carbocycles. The Morgan fingerprint density at radius 2 is 1.80 bits per heavy atom. The summed E-state index contributed by atoms with van der Waals surface area (Å²) in [4.78, 5) is 0. The molecule has 0 aromatic rings. The van der Waals surface area contributed by atoms with E-state index in [1.807, 2.05) is 6.92 Å². The second-order valence-electron chi connectivity index (χ2n) is 4.24. The highest BCUT2D eigenvalue weighted by Crippen LogP contribution is 2.26. The molecular formula is C12H24O3. The molecule has 1 N–H and O–H groups in total. The molecule has 0 aromatic heterocycles. The predicted molar refractivity (Wildman–Crippen MR) is 59.9 cm³/mol. The van der Waals surface area contributed by atoms with Gasteiger partial charge in [-0.15, -0.1) is 0 Å². The lowest BCUT2D eigenvalue weighted by atomic mass is 9.85. The lowest BCUT2D eigenvalue weighted by Gasteiger charge is -2.26. The van der Waals surface area contributed by atoms with Gasteiger partial charge in [0.1, 0.15) is 0 Å². The topological polar surface area (TPSA) is 38.7 Å². The fraction of sp³-hybridized carbons (Fsp3) is 1.00. The van der Waals surface area contributed by atoms with Crippen molar-refractivity contribution in [1.29, 1.82) is 0 Å². The van der Waals surface area contributed by atoms with Gasteiger partial charge in [-0.25, -0.2) is 0 Å². The molecule has 0 bridgehead atoms. The van der Waals surface area contributed by atoms with Crippen LogP contribution in [0.2, 0.25) is 0 Å². The third-order valence-electron chi connectivity index (χ3n) is 3.06. The maximum Gasteiger partial charge on any atom is 0.0801 e. The van der Waals surface area contributed by atoms with Gasteiger partial charge in [-0.2, -0.15) is 0 Å². The molecule has 0 aromatic carbocycles. The Balaban J connectivity index is 1.99. The summed E-state index contributed by atoms with van der Waals surface area (Å²) >= 11 is 0. The molecule has 15 heavy (non-hydrogen) atoms. The van der Waals surface area contributed by atoms with Crippen molar-refractivity contribution in [3.8, 4) is 0 Å². The van der Waals surface area contributed by atoms with E-state index in [-0.39, 0.29) is 6.10 Å². The van der Waals surface area contributed by atoms with Crippen LogP contribution in [0, 0.1) is 5.92 Å². The predicted octanol–water partition coefficient (Wildman–Crippen LogP) is 1.98. The van der Waals surface area contributed by atoms with E-state index >= 15 is 0 Å². The second-order valence-corrected chi connectivity index (χ2v) is 4.24. The largest absolute Gasteiger partial charge is 0.390 e. The summed E-state index contributed by atoms with van der Waals surface area (Å²) < 4.78 is 10.5. The van der Waals surface area contributed by atoms with Gasteiger partial charge in [-0.1, -0.05) is 19.3 Å². The van der Waals surface area contributed by atoms with E-state index in [9.17, 15) is 5.11 Å². The van der Waals surface area contributed by atoms with E-state index in [0.29, 0.717) is 25.7 Å². The quantitative estimate of drug-likeness (QED) is 0.661. The van der Waals surface area contributed by atoms with Crippen molar-refractivity contribution in [2.45, 2.75) is 45.1 Å². The summed E-state index contributed by atoms with van der Waals surface area (Å²) in [5.41, 5.74) is 0. The van der Waals surface area contributed by atoms with E-state index in [1.54, 1.807) is 0 Å². The molecule has 1 rings (SSSR count). The zero-order valence-electron chi connectivity index (χ0n) is 9.78. The van der Waals surface area contributed by atoms with Crippen molar-refractivity contribution in [2.75, 3.05) is 26.4 Å². The average Bonchev–Trinajstić information content (AvgIpc) is 2.30. The van der Waals surface area contributed by atoms with Gasteiger partial charge in [0.05, 0.1) is 25.9 Å². The number of ether oxygens (including phenoxy) is 2. The number of hydrogen-bond acceptors (Lipinski definition) is 3. The summed E-state index contributed by atoms with van der Waals surface area (Å²) in [7, 11) is 0. The lowest BCUT2D eigenvalue weighted by molar-refractivity contribution is -0.0222. The second kappa shape index (κ2) is 8.08. The Labute approximate surface area is 92.8 Å². The van der Waals surface area contributed by atoms with E-state index in [0.717, 1.165) is 19.4 Å². The van der Waals surface area contributed by atoms with Crippen molar-refractivity contribution < 1.29 is 14.6 Å². The summed E-state index contributed by atoms with van der Waals surface area (Å²) in [5, 5.41) is 9.86. The highest BCUT2D eigenvalue weighted by molar-refractivity contribution is 4.72. The Hall–Kier alpha value is -0.120. The highest BCUT2D eigenvalue weighted by atomic mass is 16.5. The molecule has 3 heteroatoms. The average molecular weight is 216 g/mol. The summed E-state index contributed by atoms with van der Waals surface area (Å²) in [6.45, 7) is 4.40. The van der Waals surface area contributed by atoms with Crippen molar-refractivity contribution >= 4 is 0 Å². The minimum absolute atomic E-state index is 0.271. The number of aliphatic hydroxyl groups excluding tert-OH is 1. The SMILES string of the molecule is CCOCCOCC(O)C1CCCCC1. The Morgan fingerprint density at radius 1 is 1.13 bits per heavy atom. The summed E-state index contributed by atoms with van der Waals surface area (Å²) in [5.74, 6) is 0.464. The van der Waals surface area contributed by atoms with Gasteiger partial charge in [0, 0.05) is 6.61 Å². The van der Waals surface area contributed by atoms with Crippen LogP contribution in [0.5, 0.6) is 0 Å². The molecule has 0 spiro atoms. The Kier molecular flexibility index (Phi) is 6.98. The van der Waals surface area contributed by atoms with Gasteiger partial charge >= 0.3 is 0 Å². The summed E-state index contributed by atoms with van der Waals surface area (Å²) in [6.07, 6.45) is 5.91. The molecule has 1 atom stereocenters. The van der Waals surface area contributed by atoms with Crippen LogP contribution in [0.3, 0.4) is 0 Å². The minimum atomic E-state index is -0.271. The van der Waals surface area contributed by atoms with Crippen LogP contribution >= 0.6 is 0 Å². The van der Waals surface area contributed by atoms with Crippen LogP contribution in [-0.2, 0) is 9.47 Å². The van der Waals surface area contributed by atoms with E-state index in [1.165, 1.54) is 19.3 Å². The highest BCUT2D eigenvalue weighted by Gasteiger charge is 2.21. The molecule has 1 fully saturated rings. The molecular weight excluding hydrogens is 192 g/mol. The standard InChI is InChI=1S/C12H24O3/c1-2-14-8-9-15-10-12(13)11-6-4-3-5-7-11/h11-13H,2-10H2,1H3. The van der Waals surface area contributed by atoms with Crippen molar-refractivity contribution in [3.05, 3.63) is 0 Å². The van der Waals surface area contributed by atoms with Crippen molar-refractivity contribution in [2.24, 2.45) is 5.92 Å². The minimum Gasteiger partial charge on any atom is -0.390 e. The van der Waals surface area contributed by atoms with E-state index < -0.39 is 0 Å². The molecule has 0 radical (unpaired) electrons. The third kappa shape index (κ3) is 5.50. The number of aliphatic hydroxyl groups is 1. The monoisotopic (exact) mass is 216 g/mol. The van der Waals surface area contributed by atoms with Gasteiger partial charge in [0.2, 0.25) is 0 Å². The zero-order chi connectivity index (χ0) is 10.9. The Bertz CT molecular complexity index is 144. The van der Waals surface area contributed by atoms with E-state index in [2.05, 4.69) is 0 Å². The molecule has 0 saturated heterocycles. The van der Waals surface area contributed by atoms with Crippen molar-refractivity contribution in [3.63, 3.8) is 0 Å². The van der Waals surface area contributed by atoms with Crippen LogP contribution in [0.1, 0.15) is 39.0 Å². The van der Waals surface area contributed by atoms with E-state index in [4.69, 9.17) is 9.47 Å².